The van der Waals surface area contributed by atoms with E-state index in [4.69, 9.17) is 53.1 Å². The quantitative estimate of drug-likeness (QED) is 0.0785. The zero-order chi connectivity index (χ0) is 40.5. The molecule has 1 amide bonds. The molecule has 55 heavy (non-hydrogen) atoms. The Morgan fingerprint density at radius 2 is 1.18 bits per heavy atom. The van der Waals surface area contributed by atoms with Crippen molar-refractivity contribution in [2.24, 2.45) is 17.6 Å². The molecular formula is C33H56N2O20. The molecule has 0 radical (unpaired) electrons. The van der Waals surface area contributed by atoms with Crippen LogP contribution < -0.4 is 11.1 Å². The number of fused-ring (bicyclic) bond motifs is 1. The number of rotatable bonds is 14. The molecule has 0 aliphatic carbocycles. The Bertz CT molecular complexity index is 1290. The molecule has 11 N–H and O–H groups in total. The average Bonchev–Trinajstić information content (AvgIpc) is 3.52. The molecule has 5 rings (SSSR count). The summed E-state index contributed by atoms with van der Waals surface area (Å²) in [6.07, 6.45) is -22.4. The number of aliphatic hydroxyl groups is 7. The second-order valence-electron chi connectivity index (χ2n) is 14.7. The number of aliphatic hydroxyl groups excluding tert-OH is 7. The Balaban J connectivity index is 1.40. The van der Waals surface area contributed by atoms with Crippen LogP contribution in [0.5, 0.6) is 0 Å². The highest BCUT2D eigenvalue weighted by atomic mass is 16.8. The highest BCUT2D eigenvalue weighted by molar-refractivity contribution is 5.75. The van der Waals surface area contributed by atoms with E-state index in [-0.39, 0.29) is 13.2 Å². The maximum atomic E-state index is 12.6. The first-order chi connectivity index (χ1) is 26.0. The zero-order valence-electron chi connectivity index (χ0n) is 31.1. The Labute approximate surface area is 316 Å². The minimum Gasteiger partial charge on any atom is -0.477 e. The van der Waals surface area contributed by atoms with Crippen molar-refractivity contribution in [2.45, 2.75) is 151 Å². The van der Waals surface area contributed by atoms with E-state index < -0.39 is 160 Å². The summed E-state index contributed by atoms with van der Waals surface area (Å²) in [6, 6.07) is -1.27. The molecule has 5 aliphatic heterocycles. The second-order valence-corrected chi connectivity index (χ2v) is 14.7. The van der Waals surface area contributed by atoms with Crippen LogP contribution >= 0.6 is 0 Å². The first-order valence-corrected chi connectivity index (χ1v) is 18.3. The number of amides is 1. The van der Waals surface area contributed by atoms with Gasteiger partial charge in [0, 0.05) is 32.2 Å². The monoisotopic (exact) mass is 800 g/mol. The smallest absolute Gasteiger partial charge is 0.364 e. The SMILES string of the molecule is CC(=O)NC1C(OC2C(C)C(OCCN)OC(CO)C2O)OC(C)C(O)C1OC1OC(CO)C(O)C(OC2OC(CO)C(O)C3O[C@](C)(C(=O)O)OC23)C1C. The van der Waals surface area contributed by atoms with Gasteiger partial charge in [-0.3, -0.25) is 4.79 Å². The van der Waals surface area contributed by atoms with E-state index in [1.54, 1.807) is 13.8 Å². The van der Waals surface area contributed by atoms with E-state index in [2.05, 4.69) is 5.32 Å². The van der Waals surface area contributed by atoms with Gasteiger partial charge in [-0.2, -0.15) is 0 Å². The van der Waals surface area contributed by atoms with Gasteiger partial charge in [-0.15, -0.1) is 0 Å². The van der Waals surface area contributed by atoms with Crippen molar-refractivity contribution in [1.29, 1.82) is 0 Å². The maximum Gasteiger partial charge on any atom is 0.364 e. The van der Waals surface area contributed by atoms with Gasteiger partial charge in [0.05, 0.1) is 44.7 Å². The summed E-state index contributed by atoms with van der Waals surface area (Å²) < 4.78 is 59.2. The van der Waals surface area contributed by atoms with Gasteiger partial charge in [0.15, 0.2) is 25.2 Å². The molecule has 21 atom stereocenters. The predicted molar refractivity (Wildman–Crippen MR) is 177 cm³/mol. The third-order valence-corrected chi connectivity index (χ3v) is 10.7. The number of carboxylic acids is 1. The fourth-order valence-corrected chi connectivity index (χ4v) is 7.55. The number of aliphatic carboxylic acids is 1. The minimum absolute atomic E-state index is 0.109. The van der Waals surface area contributed by atoms with Crippen LogP contribution in [0.15, 0.2) is 0 Å². The standard InChI is InChI=1S/C33H56N2O20/c1-11-23(20(41)15(8-36)48-28(11)46-7-6-34)51-30-18(35-14(4)39)25(19(40)13(3)47-30)53-29-12(2)24(21(42)16(9-37)49-29)52-31-27-26(22(43)17(10-38)50-31)54-33(5,55-27)32(44)45/h11-13,15-31,36-38,40-43H,6-10,34H2,1-5H3,(H,35,39)(H,44,45)/t11?,12?,13?,15?,16?,17?,18?,19?,20?,21?,22?,23?,24?,25?,26?,27?,28?,29?,30?,31?,33-/m0/s1. The molecule has 0 aromatic carbocycles. The molecule has 20 unspecified atom stereocenters. The number of carbonyl (C=O) groups excluding carboxylic acids is 1. The van der Waals surface area contributed by atoms with Crippen LogP contribution in [0.1, 0.15) is 34.6 Å². The van der Waals surface area contributed by atoms with Crippen LogP contribution in [0.4, 0.5) is 0 Å². The third-order valence-electron chi connectivity index (χ3n) is 10.7. The van der Waals surface area contributed by atoms with Crippen LogP contribution in [0.2, 0.25) is 0 Å². The fourth-order valence-electron chi connectivity index (χ4n) is 7.55. The van der Waals surface area contributed by atoms with Crippen molar-refractivity contribution < 1.29 is 97.8 Å². The topological polar surface area (TPSA) is 326 Å². The lowest BCUT2D eigenvalue weighted by molar-refractivity contribution is -0.366. The van der Waals surface area contributed by atoms with Gasteiger partial charge in [-0.1, -0.05) is 13.8 Å². The Morgan fingerprint density at radius 3 is 1.73 bits per heavy atom. The summed E-state index contributed by atoms with van der Waals surface area (Å²) in [5.41, 5.74) is 5.59. The molecule has 318 valence electrons. The third kappa shape index (κ3) is 9.11. The van der Waals surface area contributed by atoms with Crippen LogP contribution in [0.3, 0.4) is 0 Å². The molecule has 0 aromatic heterocycles. The normalized spacial score (nSPS) is 49.0. The van der Waals surface area contributed by atoms with E-state index in [0.717, 1.165) is 6.92 Å². The molecule has 0 spiro atoms. The molecular weight excluding hydrogens is 744 g/mol. The van der Waals surface area contributed by atoms with Crippen molar-refractivity contribution in [3.8, 4) is 0 Å². The first-order valence-electron chi connectivity index (χ1n) is 18.3. The van der Waals surface area contributed by atoms with Crippen LogP contribution in [-0.2, 0) is 57.0 Å². The highest BCUT2D eigenvalue weighted by Gasteiger charge is 2.61. The van der Waals surface area contributed by atoms with Crippen LogP contribution in [0.25, 0.3) is 0 Å². The summed E-state index contributed by atoms with van der Waals surface area (Å²) in [5.74, 6) is -5.92. The molecule has 22 heteroatoms. The number of carboxylic acid groups (broad SMARTS) is 1. The molecule has 22 nitrogen and oxygen atoms in total. The molecule has 0 bridgehead atoms. The molecule has 5 heterocycles. The van der Waals surface area contributed by atoms with Gasteiger partial charge in [-0.05, 0) is 6.92 Å². The number of ether oxygens (including phenoxy) is 10. The van der Waals surface area contributed by atoms with Gasteiger partial charge >= 0.3 is 5.97 Å². The lowest BCUT2D eigenvalue weighted by Crippen LogP contribution is -2.68. The number of nitrogens with one attached hydrogen (secondary N) is 1. The molecule has 0 saturated carbocycles. The van der Waals surface area contributed by atoms with E-state index in [1.165, 1.54) is 13.8 Å². The van der Waals surface area contributed by atoms with Gasteiger partial charge in [0.1, 0.15) is 67.1 Å². The van der Waals surface area contributed by atoms with E-state index in [0.29, 0.717) is 0 Å². The maximum absolute atomic E-state index is 12.6. The Hall–Kier alpha value is -1.78. The van der Waals surface area contributed by atoms with Gasteiger partial charge in [-0.25, -0.2) is 4.79 Å². The molecule has 5 fully saturated rings. The van der Waals surface area contributed by atoms with Crippen molar-refractivity contribution in [3.05, 3.63) is 0 Å². The largest absolute Gasteiger partial charge is 0.477 e. The van der Waals surface area contributed by atoms with Crippen LogP contribution in [0, 0.1) is 11.8 Å². The van der Waals surface area contributed by atoms with Crippen molar-refractivity contribution in [2.75, 3.05) is 33.0 Å². The average molecular weight is 801 g/mol. The van der Waals surface area contributed by atoms with Gasteiger partial charge < -0.3 is 99.3 Å². The predicted octanol–water partition coefficient (Wildman–Crippen LogP) is -5.18. The summed E-state index contributed by atoms with van der Waals surface area (Å²) in [5, 5.41) is 87.2. The van der Waals surface area contributed by atoms with E-state index in [1.807, 2.05) is 0 Å². The van der Waals surface area contributed by atoms with Crippen molar-refractivity contribution in [1.82, 2.24) is 5.32 Å². The van der Waals surface area contributed by atoms with Gasteiger partial charge in [0.2, 0.25) is 5.91 Å². The van der Waals surface area contributed by atoms with Crippen molar-refractivity contribution >= 4 is 11.9 Å². The van der Waals surface area contributed by atoms with Crippen LogP contribution in [-0.4, -0.2) is 202 Å². The van der Waals surface area contributed by atoms with E-state index >= 15 is 0 Å². The van der Waals surface area contributed by atoms with E-state index in [9.17, 15) is 50.4 Å². The first kappa shape index (κ1) is 44.3. The van der Waals surface area contributed by atoms with Crippen molar-refractivity contribution in [3.63, 3.8) is 0 Å². The summed E-state index contributed by atoms with van der Waals surface area (Å²) in [6.45, 7) is 5.31. The summed E-state index contributed by atoms with van der Waals surface area (Å²) in [4.78, 5) is 24.5. The number of hydrogen-bond acceptors (Lipinski definition) is 20. The second kappa shape index (κ2) is 18.4. The minimum atomic E-state index is -2.21. The molecule has 5 aliphatic rings. The lowest BCUT2D eigenvalue weighted by Gasteiger charge is -2.50. The van der Waals surface area contributed by atoms with Gasteiger partial charge in [0.25, 0.3) is 5.79 Å². The number of nitrogens with two attached hydrogens (primary N) is 1. The highest BCUT2D eigenvalue weighted by Crippen LogP contribution is 2.41. The number of carbonyl (C=O) groups is 2. The Morgan fingerprint density at radius 1 is 0.691 bits per heavy atom. The fraction of sp³-hybridized carbons (Fsp3) is 0.939. The zero-order valence-corrected chi connectivity index (χ0v) is 31.1. The molecule has 0 aromatic rings. The molecule has 5 saturated heterocycles. The summed E-state index contributed by atoms with van der Waals surface area (Å²) in [7, 11) is 0. The summed E-state index contributed by atoms with van der Waals surface area (Å²) >= 11 is 0. The Kier molecular flexibility index (Phi) is 14.9. The lowest BCUT2D eigenvalue weighted by atomic mass is 9.90. The number of hydrogen-bond donors (Lipinski definition) is 10.